The lowest BCUT2D eigenvalue weighted by atomic mass is 9.91. The topological polar surface area (TPSA) is 59.0 Å². The lowest BCUT2D eigenvalue weighted by molar-refractivity contribution is -0.143. The Morgan fingerprint density at radius 1 is 1.00 bits per heavy atom. The van der Waals surface area contributed by atoms with Crippen LogP contribution in [0.25, 0.3) is 0 Å². The Morgan fingerprint density at radius 3 is 2.38 bits per heavy atom. The van der Waals surface area contributed by atoms with Crippen molar-refractivity contribution in [3.8, 4) is 11.5 Å². The van der Waals surface area contributed by atoms with Crippen LogP contribution < -0.4 is 9.47 Å². The Balaban J connectivity index is 1.64. The lowest BCUT2D eigenvalue weighted by Crippen LogP contribution is -2.39. The lowest BCUT2D eigenvalue weighted by Gasteiger charge is -2.37. The van der Waals surface area contributed by atoms with Crippen molar-refractivity contribution < 1.29 is 19.4 Å². The number of piperidine rings is 1. The number of halogens is 1. The minimum absolute atomic E-state index is 0.0206. The molecule has 0 aliphatic carbocycles. The number of aliphatic carboxylic acids is 1. The van der Waals surface area contributed by atoms with Gasteiger partial charge < -0.3 is 14.6 Å². The van der Waals surface area contributed by atoms with Crippen LogP contribution in [0.1, 0.15) is 42.5 Å². The Bertz CT molecular complexity index is 1100. The summed E-state index contributed by atoms with van der Waals surface area (Å²) in [6.07, 6.45) is 1.29. The number of rotatable bonds is 9. The number of carbonyl (C=O) groups is 1. The summed E-state index contributed by atoms with van der Waals surface area (Å²) >= 11 is 3.73. The number of hydrogen-bond acceptors (Lipinski definition) is 4. The average molecular weight is 524 g/mol. The first-order valence-electron chi connectivity index (χ1n) is 11.7. The second-order valence-corrected chi connectivity index (χ2v) is 9.34. The molecule has 5 nitrogen and oxygen atoms in total. The van der Waals surface area contributed by atoms with Gasteiger partial charge in [0, 0.05) is 4.47 Å². The molecule has 0 aromatic heterocycles. The molecule has 0 radical (unpaired) electrons. The standard InChI is InChI=1S/C28H30BrNO4/c1-2-33-26-18-22(12-13-25(26)34-19-20-8-4-3-5-9-20)27(23-10-6-7-11-24(23)29)30-16-14-21(15-17-30)28(31)32/h3-13,18,21,27H,2,14-17,19H2,1H3,(H,31,32). The number of likely N-dealkylation sites (tertiary alicyclic amines) is 1. The van der Waals surface area contributed by atoms with E-state index in [0.717, 1.165) is 34.3 Å². The van der Waals surface area contributed by atoms with Crippen molar-refractivity contribution in [1.82, 2.24) is 4.90 Å². The molecule has 34 heavy (non-hydrogen) atoms. The van der Waals surface area contributed by atoms with Gasteiger partial charge >= 0.3 is 5.97 Å². The van der Waals surface area contributed by atoms with E-state index < -0.39 is 5.97 Å². The molecule has 1 aliphatic heterocycles. The third-order valence-corrected chi connectivity index (χ3v) is 6.99. The number of carboxylic acids is 1. The fourth-order valence-corrected chi connectivity index (χ4v) is 5.01. The minimum atomic E-state index is -0.698. The number of ether oxygens (including phenoxy) is 2. The van der Waals surface area contributed by atoms with Gasteiger partial charge in [-0.25, -0.2) is 0 Å². The van der Waals surface area contributed by atoms with Crippen LogP contribution in [0.4, 0.5) is 0 Å². The van der Waals surface area contributed by atoms with Crippen molar-refractivity contribution in [2.45, 2.75) is 32.4 Å². The Morgan fingerprint density at radius 2 is 1.71 bits per heavy atom. The molecule has 0 amide bonds. The van der Waals surface area contributed by atoms with Crippen LogP contribution in [-0.4, -0.2) is 35.7 Å². The van der Waals surface area contributed by atoms with E-state index >= 15 is 0 Å². The van der Waals surface area contributed by atoms with Gasteiger partial charge in [0.1, 0.15) is 6.61 Å². The molecule has 6 heteroatoms. The van der Waals surface area contributed by atoms with Crippen LogP contribution in [0.2, 0.25) is 0 Å². The van der Waals surface area contributed by atoms with E-state index in [1.54, 1.807) is 0 Å². The molecule has 3 aromatic carbocycles. The van der Waals surface area contributed by atoms with Crippen LogP contribution in [0.3, 0.4) is 0 Å². The molecule has 3 aromatic rings. The third kappa shape index (κ3) is 5.80. The Hall–Kier alpha value is -2.83. The van der Waals surface area contributed by atoms with Gasteiger partial charge in [-0.3, -0.25) is 9.69 Å². The molecule has 0 bridgehead atoms. The first-order chi connectivity index (χ1) is 16.6. The van der Waals surface area contributed by atoms with Crippen LogP contribution in [0.5, 0.6) is 11.5 Å². The number of carboxylic acid groups (broad SMARTS) is 1. The van der Waals surface area contributed by atoms with Gasteiger partial charge in [0.05, 0.1) is 18.6 Å². The molecule has 1 N–H and O–H groups in total. The summed E-state index contributed by atoms with van der Waals surface area (Å²) in [6.45, 7) is 4.42. The van der Waals surface area contributed by atoms with E-state index in [9.17, 15) is 9.90 Å². The maximum absolute atomic E-state index is 11.5. The van der Waals surface area contributed by atoms with E-state index in [0.29, 0.717) is 37.6 Å². The van der Waals surface area contributed by atoms with E-state index in [1.165, 1.54) is 0 Å². The maximum Gasteiger partial charge on any atom is 0.306 e. The molecule has 1 saturated heterocycles. The summed E-state index contributed by atoms with van der Waals surface area (Å²) in [5, 5.41) is 9.44. The summed E-state index contributed by atoms with van der Waals surface area (Å²) in [5.41, 5.74) is 3.34. The second kappa shape index (κ2) is 11.5. The van der Waals surface area contributed by atoms with Gasteiger partial charge in [0.15, 0.2) is 11.5 Å². The Kier molecular flexibility index (Phi) is 8.25. The van der Waals surface area contributed by atoms with Crippen LogP contribution in [0.15, 0.2) is 77.3 Å². The molecule has 1 fully saturated rings. The SMILES string of the molecule is CCOc1cc(C(c2ccccc2Br)N2CCC(C(=O)O)CC2)ccc1OCc1ccccc1. The third-order valence-electron chi connectivity index (χ3n) is 6.26. The molecule has 1 heterocycles. The Labute approximate surface area is 209 Å². The van der Waals surface area contributed by atoms with Crippen molar-refractivity contribution in [3.05, 3.63) is 94.0 Å². The van der Waals surface area contributed by atoms with Crippen molar-refractivity contribution in [3.63, 3.8) is 0 Å². The van der Waals surface area contributed by atoms with E-state index in [-0.39, 0.29) is 12.0 Å². The first-order valence-corrected chi connectivity index (χ1v) is 12.5. The van der Waals surface area contributed by atoms with Crippen molar-refractivity contribution in [1.29, 1.82) is 0 Å². The van der Waals surface area contributed by atoms with Gasteiger partial charge in [0.25, 0.3) is 0 Å². The predicted molar refractivity (Wildman–Crippen MR) is 136 cm³/mol. The number of benzene rings is 3. The monoisotopic (exact) mass is 523 g/mol. The first kappa shape index (κ1) is 24.3. The quantitative estimate of drug-likeness (QED) is 0.356. The fraction of sp³-hybridized carbons (Fsp3) is 0.321. The maximum atomic E-state index is 11.5. The summed E-state index contributed by atoms with van der Waals surface area (Å²) in [5.74, 6) is 0.456. The zero-order valence-corrected chi connectivity index (χ0v) is 20.9. The molecular weight excluding hydrogens is 494 g/mol. The zero-order chi connectivity index (χ0) is 23.9. The van der Waals surface area contributed by atoms with Gasteiger partial charge in [0.2, 0.25) is 0 Å². The van der Waals surface area contributed by atoms with Gasteiger partial charge in [-0.2, -0.15) is 0 Å². The zero-order valence-electron chi connectivity index (χ0n) is 19.3. The fourth-order valence-electron chi connectivity index (χ4n) is 4.51. The normalized spacial score (nSPS) is 15.6. The molecule has 4 rings (SSSR count). The predicted octanol–water partition coefficient (Wildman–Crippen LogP) is 6.31. The number of nitrogens with zero attached hydrogens (tertiary/aromatic N) is 1. The highest BCUT2D eigenvalue weighted by Crippen LogP contribution is 2.39. The van der Waals surface area contributed by atoms with Gasteiger partial charge in [-0.05, 0) is 67.7 Å². The van der Waals surface area contributed by atoms with E-state index in [1.807, 2.05) is 61.5 Å². The van der Waals surface area contributed by atoms with Gasteiger partial charge in [-0.1, -0.05) is 70.5 Å². The molecule has 1 aliphatic rings. The molecular formula is C28H30BrNO4. The number of hydrogen-bond donors (Lipinski definition) is 1. The van der Waals surface area contributed by atoms with Gasteiger partial charge in [-0.15, -0.1) is 0 Å². The van der Waals surface area contributed by atoms with Crippen molar-refractivity contribution in [2.24, 2.45) is 5.92 Å². The van der Waals surface area contributed by atoms with E-state index in [2.05, 4.69) is 39.0 Å². The average Bonchev–Trinajstić information content (AvgIpc) is 2.86. The summed E-state index contributed by atoms with van der Waals surface area (Å²) < 4.78 is 13.1. The minimum Gasteiger partial charge on any atom is -0.490 e. The smallest absolute Gasteiger partial charge is 0.306 e. The molecule has 178 valence electrons. The van der Waals surface area contributed by atoms with Crippen LogP contribution in [0, 0.1) is 5.92 Å². The van der Waals surface area contributed by atoms with Crippen LogP contribution in [-0.2, 0) is 11.4 Å². The molecule has 1 unspecified atom stereocenters. The highest BCUT2D eigenvalue weighted by Gasteiger charge is 2.31. The van der Waals surface area contributed by atoms with Crippen molar-refractivity contribution in [2.75, 3.05) is 19.7 Å². The highest BCUT2D eigenvalue weighted by atomic mass is 79.9. The summed E-state index contributed by atoms with van der Waals surface area (Å²) in [6, 6.07) is 24.4. The van der Waals surface area contributed by atoms with Crippen LogP contribution >= 0.6 is 15.9 Å². The summed E-state index contributed by atoms with van der Waals surface area (Å²) in [4.78, 5) is 13.9. The largest absolute Gasteiger partial charge is 0.490 e. The molecule has 0 saturated carbocycles. The highest BCUT2D eigenvalue weighted by molar-refractivity contribution is 9.10. The molecule has 0 spiro atoms. The molecule has 1 atom stereocenters. The van der Waals surface area contributed by atoms with E-state index in [4.69, 9.17) is 9.47 Å². The summed E-state index contributed by atoms with van der Waals surface area (Å²) in [7, 11) is 0. The second-order valence-electron chi connectivity index (χ2n) is 8.49. The van der Waals surface area contributed by atoms with Crippen molar-refractivity contribution >= 4 is 21.9 Å².